The minimum absolute atomic E-state index is 0.157. The van der Waals surface area contributed by atoms with Crippen molar-refractivity contribution >= 4 is 34.2 Å². The van der Waals surface area contributed by atoms with Gasteiger partial charge in [0.2, 0.25) is 0 Å². The predicted molar refractivity (Wildman–Crippen MR) is 60.4 cm³/mol. The van der Waals surface area contributed by atoms with Crippen LogP contribution in [0.1, 0.15) is 5.76 Å². The molecule has 0 amide bonds. The van der Waals surface area contributed by atoms with Crippen LogP contribution in [0.5, 0.6) is 0 Å². The topological polar surface area (TPSA) is 56.2 Å². The van der Waals surface area contributed by atoms with Gasteiger partial charge in [-0.05, 0) is 12.1 Å². The van der Waals surface area contributed by atoms with Crippen molar-refractivity contribution in [3.63, 3.8) is 0 Å². The van der Waals surface area contributed by atoms with Crippen LogP contribution in [0.25, 0.3) is 11.0 Å². The quantitative estimate of drug-likeness (QED) is 0.838. The number of hydrogen-bond donors (Lipinski definition) is 1. The van der Waals surface area contributed by atoms with Crippen LogP contribution in [-0.2, 0) is 6.54 Å². The molecule has 0 unspecified atom stereocenters. The second-order valence-electron chi connectivity index (χ2n) is 3.05. The Morgan fingerprint density at radius 3 is 2.67 bits per heavy atom. The molecule has 1 aromatic carbocycles. The van der Waals surface area contributed by atoms with Crippen molar-refractivity contribution in [2.45, 2.75) is 6.54 Å². The van der Waals surface area contributed by atoms with Crippen LogP contribution in [0, 0.1) is 0 Å². The van der Waals surface area contributed by atoms with Crippen LogP contribution < -0.4 is 11.2 Å². The highest BCUT2D eigenvalue weighted by atomic mass is 35.5. The molecule has 78 valence electrons. The van der Waals surface area contributed by atoms with Crippen molar-refractivity contribution in [2.75, 3.05) is 0 Å². The summed E-state index contributed by atoms with van der Waals surface area (Å²) in [4.78, 5) is 11.6. The predicted octanol–water partition coefficient (Wildman–Crippen LogP) is 2.56. The molecule has 0 bridgehead atoms. The lowest BCUT2D eigenvalue weighted by atomic mass is 10.2. The smallest absolute Gasteiger partial charge is 0.193 e. The molecule has 15 heavy (non-hydrogen) atoms. The Morgan fingerprint density at radius 1 is 1.27 bits per heavy atom. The molecule has 3 nitrogen and oxygen atoms in total. The highest BCUT2D eigenvalue weighted by Gasteiger charge is 2.08. The van der Waals surface area contributed by atoms with Gasteiger partial charge in [0, 0.05) is 11.1 Å². The molecule has 0 aliphatic rings. The first-order valence-electron chi connectivity index (χ1n) is 4.23. The molecule has 2 N–H and O–H groups in total. The van der Waals surface area contributed by atoms with E-state index in [4.69, 9.17) is 33.4 Å². The van der Waals surface area contributed by atoms with Crippen LogP contribution in [0.2, 0.25) is 10.0 Å². The molecule has 0 spiro atoms. The molecule has 0 saturated carbocycles. The van der Waals surface area contributed by atoms with Crippen LogP contribution in [0.15, 0.2) is 27.4 Å². The van der Waals surface area contributed by atoms with E-state index in [9.17, 15) is 4.79 Å². The summed E-state index contributed by atoms with van der Waals surface area (Å²) >= 11 is 11.7. The maximum absolute atomic E-state index is 11.6. The zero-order valence-electron chi connectivity index (χ0n) is 7.59. The maximum Gasteiger partial charge on any atom is 0.193 e. The van der Waals surface area contributed by atoms with Crippen molar-refractivity contribution < 1.29 is 4.42 Å². The maximum atomic E-state index is 11.6. The Kier molecular flexibility index (Phi) is 2.69. The minimum atomic E-state index is -0.193. The fourth-order valence-electron chi connectivity index (χ4n) is 1.33. The molecule has 0 saturated heterocycles. The van der Waals surface area contributed by atoms with Gasteiger partial charge in [0.15, 0.2) is 11.0 Å². The highest BCUT2D eigenvalue weighted by Crippen LogP contribution is 2.26. The zero-order valence-corrected chi connectivity index (χ0v) is 9.10. The molecule has 0 radical (unpaired) electrons. The third-order valence-corrected chi connectivity index (χ3v) is 2.50. The van der Waals surface area contributed by atoms with Gasteiger partial charge >= 0.3 is 0 Å². The van der Waals surface area contributed by atoms with Crippen molar-refractivity contribution in [1.82, 2.24) is 0 Å². The molecular weight excluding hydrogens is 237 g/mol. The van der Waals surface area contributed by atoms with E-state index < -0.39 is 0 Å². The lowest BCUT2D eigenvalue weighted by molar-refractivity contribution is 0.539. The summed E-state index contributed by atoms with van der Waals surface area (Å²) in [6.45, 7) is 0.157. The van der Waals surface area contributed by atoms with Gasteiger partial charge in [-0.15, -0.1) is 0 Å². The van der Waals surface area contributed by atoms with Crippen LogP contribution in [0.3, 0.4) is 0 Å². The standard InChI is InChI=1S/C10H7Cl2NO2/c11-5-1-7-9(14)3-6(4-13)15-10(7)8(12)2-5/h1-3H,4,13H2. The number of benzene rings is 1. The molecule has 2 aromatic rings. The summed E-state index contributed by atoms with van der Waals surface area (Å²) in [5.41, 5.74) is 5.52. The summed E-state index contributed by atoms with van der Waals surface area (Å²) in [7, 11) is 0. The van der Waals surface area contributed by atoms with E-state index in [-0.39, 0.29) is 12.0 Å². The van der Waals surface area contributed by atoms with Crippen molar-refractivity contribution in [3.05, 3.63) is 44.2 Å². The highest BCUT2D eigenvalue weighted by molar-refractivity contribution is 6.38. The number of halogens is 2. The first-order chi connectivity index (χ1) is 7.11. The molecule has 0 fully saturated rings. The minimum Gasteiger partial charge on any atom is -0.458 e. The molecule has 2 rings (SSSR count). The van der Waals surface area contributed by atoms with Gasteiger partial charge in [-0.1, -0.05) is 23.2 Å². The van der Waals surface area contributed by atoms with Gasteiger partial charge < -0.3 is 10.2 Å². The SMILES string of the molecule is NCc1cc(=O)c2cc(Cl)cc(Cl)c2o1. The van der Waals surface area contributed by atoms with E-state index in [1.807, 2.05) is 0 Å². The number of rotatable bonds is 1. The largest absolute Gasteiger partial charge is 0.458 e. The monoisotopic (exact) mass is 243 g/mol. The van der Waals surface area contributed by atoms with E-state index in [1.54, 1.807) is 0 Å². The number of hydrogen-bond acceptors (Lipinski definition) is 3. The fourth-order valence-corrected chi connectivity index (χ4v) is 1.86. The Hall–Kier alpha value is -1.03. The molecule has 0 aliphatic heterocycles. The molecule has 1 heterocycles. The lowest BCUT2D eigenvalue weighted by Crippen LogP contribution is -2.05. The van der Waals surface area contributed by atoms with Gasteiger partial charge in [0.1, 0.15) is 5.76 Å². The Labute approximate surface area is 95.4 Å². The van der Waals surface area contributed by atoms with Gasteiger partial charge in [-0.3, -0.25) is 4.79 Å². The van der Waals surface area contributed by atoms with E-state index >= 15 is 0 Å². The zero-order chi connectivity index (χ0) is 11.0. The summed E-state index contributed by atoms with van der Waals surface area (Å²) in [5.74, 6) is 0.400. The number of nitrogens with two attached hydrogens (primary N) is 1. The fraction of sp³-hybridized carbons (Fsp3) is 0.100. The summed E-state index contributed by atoms with van der Waals surface area (Å²) in [5, 5.41) is 1.08. The van der Waals surface area contributed by atoms with E-state index in [2.05, 4.69) is 0 Å². The molecule has 0 aliphatic carbocycles. The third-order valence-electron chi connectivity index (χ3n) is 2.00. The lowest BCUT2D eigenvalue weighted by Gasteiger charge is -2.02. The van der Waals surface area contributed by atoms with Gasteiger partial charge in [-0.2, -0.15) is 0 Å². The van der Waals surface area contributed by atoms with Crippen molar-refractivity contribution in [2.24, 2.45) is 5.73 Å². The average Bonchev–Trinajstić information content (AvgIpc) is 2.19. The summed E-state index contributed by atoms with van der Waals surface area (Å²) in [6.07, 6.45) is 0. The van der Waals surface area contributed by atoms with Crippen molar-refractivity contribution in [1.29, 1.82) is 0 Å². The second kappa shape index (κ2) is 3.85. The summed E-state index contributed by atoms with van der Waals surface area (Å²) in [6, 6.07) is 4.39. The average molecular weight is 244 g/mol. The van der Waals surface area contributed by atoms with E-state index in [0.29, 0.717) is 26.8 Å². The molecule has 1 aromatic heterocycles. The second-order valence-corrected chi connectivity index (χ2v) is 3.89. The third kappa shape index (κ3) is 1.86. The van der Waals surface area contributed by atoms with Crippen LogP contribution in [-0.4, -0.2) is 0 Å². The normalized spacial score (nSPS) is 10.9. The Morgan fingerprint density at radius 2 is 2.00 bits per heavy atom. The van der Waals surface area contributed by atoms with Gasteiger partial charge in [0.05, 0.1) is 17.0 Å². The van der Waals surface area contributed by atoms with E-state index in [1.165, 1.54) is 18.2 Å². The Bertz CT molecular complexity index is 577. The molecular formula is C10H7Cl2NO2. The van der Waals surface area contributed by atoms with Crippen molar-refractivity contribution in [3.8, 4) is 0 Å². The molecule has 0 atom stereocenters. The first kappa shape index (κ1) is 10.5. The van der Waals surface area contributed by atoms with Gasteiger partial charge in [0.25, 0.3) is 0 Å². The molecule has 5 heteroatoms. The van der Waals surface area contributed by atoms with Crippen LogP contribution >= 0.6 is 23.2 Å². The number of fused-ring (bicyclic) bond motifs is 1. The van der Waals surface area contributed by atoms with Gasteiger partial charge in [-0.25, -0.2) is 0 Å². The Balaban J connectivity index is 2.91. The summed E-state index contributed by atoms with van der Waals surface area (Å²) < 4.78 is 5.36. The van der Waals surface area contributed by atoms with Crippen LogP contribution in [0.4, 0.5) is 0 Å². The first-order valence-corrected chi connectivity index (χ1v) is 4.99. The van der Waals surface area contributed by atoms with E-state index in [0.717, 1.165) is 0 Å².